The van der Waals surface area contributed by atoms with Crippen LogP contribution in [0.1, 0.15) is 105 Å². The van der Waals surface area contributed by atoms with Gasteiger partial charge < -0.3 is 31.5 Å². The molecule has 12 heteroatoms. The second-order valence-corrected chi connectivity index (χ2v) is 15.0. The first-order valence-corrected chi connectivity index (χ1v) is 18.8. The molecule has 1 heterocycles. The Morgan fingerprint density at radius 1 is 0.941 bits per heavy atom. The first-order chi connectivity index (χ1) is 24.1. The van der Waals surface area contributed by atoms with E-state index in [4.69, 9.17) is 5.73 Å². The van der Waals surface area contributed by atoms with Crippen molar-refractivity contribution < 1.29 is 28.8 Å². The van der Waals surface area contributed by atoms with Crippen LogP contribution in [-0.2, 0) is 30.4 Å². The van der Waals surface area contributed by atoms with Crippen LogP contribution in [0.5, 0.6) is 0 Å². The van der Waals surface area contributed by atoms with Crippen molar-refractivity contribution in [1.29, 1.82) is 0 Å². The number of nitrogens with two attached hydrogens (primary N) is 1. The van der Waals surface area contributed by atoms with Gasteiger partial charge in [0.1, 0.15) is 0 Å². The van der Waals surface area contributed by atoms with Crippen LogP contribution in [-0.4, -0.2) is 90.4 Å². The van der Waals surface area contributed by atoms with Gasteiger partial charge in [0.25, 0.3) is 0 Å². The average Bonchev–Trinajstić information content (AvgIpc) is 3.57. The Morgan fingerprint density at radius 3 is 2.18 bits per heavy atom. The van der Waals surface area contributed by atoms with Gasteiger partial charge in [0.2, 0.25) is 17.7 Å². The Hall–Kier alpha value is -3.80. The van der Waals surface area contributed by atoms with E-state index in [9.17, 15) is 28.8 Å². The summed E-state index contributed by atoms with van der Waals surface area (Å²) in [6.45, 7) is 13.2. The van der Waals surface area contributed by atoms with Crippen LogP contribution in [0.15, 0.2) is 24.3 Å². The van der Waals surface area contributed by atoms with Crippen molar-refractivity contribution in [2.75, 3.05) is 32.5 Å². The summed E-state index contributed by atoms with van der Waals surface area (Å²) in [5.41, 5.74) is 6.68. The van der Waals surface area contributed by atoms with E-state index in [2.05, 4.69) is 41.7 Å². The van der Waals surface area contributed by atoms with Crippen LogP contribution in [0.2, 0.25) is 0 Å². The number of primary amides is 1. The molecule has 2 rings (SSSR count). The summed E-state index contributed by atoms with van der Waals surface area (Å²) in [7, 11) is 3.61. The number of unbranched alkanes of at least 4 members (excludes halogenated alkanes) is 1. The van der Waals surface area contributed by atoms with E-state index in [1.807, 2.05) is 32.9 Å². The number of likely N-dealkylation sites (tertiary alicyclic amines) is 1. The van der Waals surface area contributed by atoms with Crippen molar-refractivity contribution in [1.82, 2.24) is 20.4 Å². The van der Waals surface area contributed by atoms with E-state index < -0.39 is 30.0 Å². The van der Waals surface area contributed by atoms with Crippen molar-refractivity contribution in [2.24, 2.45) is 29.4 Å². The number of nitrogens with zero attached hydrogens (tertiary/aromatic N) is 2. The highest BCUT2D eigenvalue weighted by molar-refractivity contribution is 5.96. The van der Waals surface area contributed by atoms with Gasteiger partial charge in [0.15, 0.2) is 11.6 Å². The monoisotopic (exact) mass is 712 g/mol. The molecule has 0 unspecified atom stereocenters. The minimum Gasteiger partial charge on any atom is -0.359 e. The maximum Gasteiger partial charge on any atom is 0.316 e. The van der Waals surface area contributed by atoms with E-state index in [0.717, 1.165) is 24.9 Å². The fourth-order valence-corrected chi connectivity index (χ4v) is 6.69. The van der Waals surface area contributed by atoms with E-state index in [0.29, 0.717) is 56.8 Å². The zero-order chi connectivity index (χ0) is 38.2. The molecule has 1 aliphatic heterocycles. The molecule has 1 aromatic carbocycles. The number of Topliss-reactive ketones (excluding diaryl/α,β-unsaturated/α-hetero) is 2. The highest BCUT2D eigenvalue weighted by atomic mass is 16.2. The molecule has 5 atom stereocenters. The lowest BCUT2D eigenvalue weighted by Crippen LogP contribution is -2.48. The van der Waals surface area contributed by atoms with E-state index in [1.165, 1.54) is 7.05 Å². The van der Waals surface area contributed by atoms with Crippen LogP contribution in [0.4, 0.5) is 10.5 Å². The Kier molecular flexibility index (Phi) is 18.3. The minimum atomic E-state index is -0.750. The lowest BCUT2D eigenvalue weighted by molar-refractivity contribution is -0.143. The molecule has 0 saturated carbocycles. The number of urea groups is 1. The molecular formula is C39H64N6O6. The second kappa shape index (κ2) is 21.5. The maximum absolute atomic E-state index is 14.2. The van der Waals surface area contributed by atoms with Crippen LogP contribution in [0.3, 0.4) is 0 Å². The van der Waals surface area contributed by atoms with Crippen LogP contribution in [0, 0.1) is 23.7 Å². The van der Waals surface area contributed by atoms with Crippen LogP contribution < -0.4 is 21.7 Å². The Morgan fingerprint density at radius 2 is 1.61 bits per heavy atom. The number of carbonyl (C=O) groups excluding carboxylic acids is 6. The maximum atomic E-state index is 14.2. The molecule has 0 aliphatic carbocycles. The summed E-state index contributed by atoms with van der Waals surface area (Å²) >= 11 is 0. The Labute approximate surface area is 305 Å². The largest absolute Gasteiger partial charge is 0.359 e. The third-order valence-corrected chi connectivity index (χ3v) is 10.1. The van der Waals surface area contributed by atoms with Gasteiger partial charge in [-0.05, 0) is 96.0 Å². The molecule has 5 N–H and O–H groups in total. The number of hydrogen-bond acceptors (Lipinski definition) is 7. The lowest BCUT2D eigenvalue weighted by Gasteiger charge is -2.30. The molecule has 0 aromatic heterocycles. The van der Waals surface area contributed by atoms with Crippen molar-refractivity contribution in [3.8, 4) is 0 Å². The molecule has 286 valence electrons. The van der Waals surface area contributed by atoms with Gasteiger partial charge in [0, 0.05) is 55.9 Å². The molecule has 5 amide bonds. The Balaban J connectivity index is 2.24. The fourth-order valence-electron chi connectivity index (χ4n) is 6.69. The van der Waals surface area contributed by atoms with E-state index >= 15 is 0 Å². The highest BCUT2D eigenvalue weighted by Gasteiger charge is 2.39. The Bertz CT molecular complexity index is 1320. The van der Waals surface area contributed by atoms with E-state index in [1.54, 1.807) is 24.0 Å². The normalized spacial score (nSPS) is 16.8. The van der Waals surface area contributed by atoms with Crippen molar-refractivity contribution in [3.05, 3.63) is 29.8 Å². The van der Waals surface area contributed by atoms with Crippen LogP contribution in [0.25, 0.3) is 0 Å². The number of anilines is 1. The number of amides is 5. The van der Waals surface area contributed by atoms with Gasteiger partial charge in [-0.3, -0.25) is 24.0 Å². The molecular weight excluding hydrogens is 648 g/mol. The summed E-state index contributed by atoms with van der Waals surface area (Å²) in [5.74, 6) is -2.32. The predicted molar refractivity (Wildman–Crippen MR) is 201 cm³/mol. The topological polar surface area (TPSA) is 171 Å². The summed E-state index contributed by atoms with van der Waals surface area (Å²) < 4.78 is 0. The zero-order valence-electron chi connectivity index (χ0n) is 32.3. The van der Waals surface area contributed by atoms with E-state index in [-0.39, 0.29) is 54.0 Å². The fraction of sp³-hybridized carbons (Fsp3) is 0.692. The van der Waals surface area contributed by atoms with Gasteiger partial charge in [0.05, 0.1) is 12.1 Å². The first-order valence-electron chi connectivity index (χ1n) is 18.8. The molecule has 1 aliphatic rings. The average molecular weight is 713 g/mol. The molecule has 0 radical (unpaired) electrons. The van der Waals surface area contributed by atoms with Crippen molar-refractivity contribution in [3.63, 3.8) is 0 Å². The number of hydrogen-bond donors (Lipinski definition) is 4. The van der Waals surface area contributed by atoms with Gasteiger partial charge in [-0.1, -0.05) is 46.2 Å². The summed E-state index contributed by atoms with van der Waals surface area (Å²) in [5, 5.41) is 8.16. The number of nitrogens with one attached hydrogen (secondary N) is 3. The summed E-state index contributed by atoms with van der Waals surface area (Å²) in [4.78, 5) is 82.5. The molecule has 0 spiro atoms. The zero-order valence-corrected chi connectivity index (χ0v) is 32.3. The molecule has 0 bridgehead atoms. The smallest absolute Gasteiger partial charge is 0.316 e. The summed E-state index contributed by atoms with van der Waals surface area (Å²) in [6, 6.07) is 5.52. The number of ketones is 2. The van der Waals surface area contributed by atoms with Crippen molar-refractivity contribution in [2.45, 2.75) is 124 Å². The van der Waals surface area contributed by atoms with Crippen molar-refractivity contribution >= 4 is 41.0 Å². The third-order valence-electron chi connectivity index (χ3n) is 10.1. The second-order valence-electron chi connectivity index (χ2n) is 15.0. The minimum absolute atomic E-state index is 0.0201. The van der Waals surface area contributed by atoms with Gasteiger partial charge >= 0.3 is 6.03 Å². The third kappa shape index (κ3) is 14.4. The SMILES string of the molecule is CC[C@H](Cc1ccc(NC(N)=O)cc1)C(=O)N[C@@H](CC(C)C)C(=O)C[C@@H](CCCCN(C)C(C)C)C(=O)N1CCC[C@H]1C(=O)C[C@H](C)C(=O)NC. The number of carbonyl (C=O) groups is 6. The highest BCUT2D eigenvalue weighted by Crippen LogP contribution is 2.27. The van der Waals surface area contributed by atoms with Gasteiger partial charge in [-0.2, -0.15) is 0 Å². The molecule has 1 fully saturated rings. The number of rotatable bonds is 22. The van der Waals surface area contributed by atoms with Gasteiger partial charge in [-0.25, -0.2) is 4.79 Å². The molecule has 1 aromatic rings. The quantitative estimate of drug-likeness (QED) is 0.126. The lowest BCUT2D eigenvalue weighted by atomic mass is 9.88. The number of benzene rings is 1. The van der Waals surface area contributed by atoms with Gasteiger partial charge in [-0.15, -0.1) is 0 Å². The molecule has 12 nitrogen and oxygen atoms in total. The predicted octanol–water partition coefficient (Wildman–Crippen LogP) is 4.70. The molecule has 51 heavy (non-hydrogen) atoms. The van der Waals surface area contributed by atoms with Crippen LogP contribution >= 0.6 is 0 Å². The summed E-state index contributed by atoms with van der Waals surface area (Å²) in [6.07, 6.45) is 4.82. The first kappa shape index (κ1) is 43.4. The molecule has 1 saturated heterocycles. The standard InChI is InChI=1S/C39H64N6O6/c1-9-29(23-28-15-17-31(18-16-28)42-39(40)51)37(49)43-32(21-25(2)3)34(46)24-30(13-10-11-19-44(8)26(4)5)38(50)45-20-12-14-33(45)35(47)22-27(6)36(48)41-7/h15-18,25-27,29-30,32-33H,9-14,19-24H2,1-8H3,(H,41,48)(H,43,49)(H3,40,42,51)/t27-,29+,30+,32-,33-/m0/s1.